The summed E-state index contributed by atoms with van der Waals surface area (Å²) in [6, 6.07) is 0. The first kappa shape index (κ1) is 31.7. The third-order valence-corrected chi connectivity index (χ3v) is 8.47. The van der Waals surface area contributed by atoms with E-state index in [1.165, 1.54) is 56.9 Å². The van der Waals surface area contributed by atoms with Crippen molar-refractivity contribution in [3.63, 3.8) is 0 Å². The van der Waals surface area contributed by atoms with Gasteiger partial charge in [0.1, 0.15) is 17.1 Å². The molecule has 2 atom stereocenters. The first-order valence-corrected chi connectivity index (χ1v) is 15.2. The highest BCUT2D eigenvalue weighted by Gasteiger charge is 2.31. The highest BCUT2D eigenvalue weighted by Crippen LogP contribution is 2.43. The van der Waals surface area contributed by atoms with E-state index in [2.05, 4.69) is 54.5 Å². The first-order valence-electron chi connectivity index (χ1n) is 15.2. The van der Waals surface area contributed by atoms with Crippen LogP contribution in [0, 0.1) is 31.6 Å². The van der Waals surface area contributed by atoms with Crippen LogP contribution in [0.3, 0.4) is 0 Å². The number of allylic oxidation sites excluding steroid dienone is 1. The minimum absolute atomic E-state index is 0.164. The Balaban J connectivity index is 1.70. The van der Waals surface area contributed by atoms with Gasteiger partial charge in [-0.3, -0.25) is 0 Å². The monoisotopic (exact) mass is 514 g/mol. The van der Waals surface area contributed by atoms with E-state index in [0.717, 1.165) is 65.0 Å². The second kappa shape index (κ2) is 15.2. The maximum atomic E-state index is 10.8. The topological polar surface area (TPSA) is 38.7 Å². The zero-order valence-electron chi connectivity index (χ0n) is 25.8. The van der Waals surface area contributed by atoms with E-state index in [9.17, 15) is 5.11 Å². The normalized spacial score (nSPS) is 17.0. The molecule has 0 saturated heterocycles. The molecule has 37 heavy (non-hydrogen) atoms. The lowest BCUT2D eigenvalue weighted by atomic mass is 9.88. The first-order chi connectivity index (χ1) is 17.4. The Kier molecular flexibility index (Phi) is 13.0. The van der Waals surface area contributed by atoms with E-state index in [-0.39, 0.29) is 5.60 Å². The third-order valence-electron chi connectivity index (χ3n) is 8.47. The van der Waals surface area contributed by atoms with Crippen molar-refractivity contribution in [3.8, 4) is 11.5 Å². The van der Waals surface area contributed by atoms with Crippen molar-refractivity contribution in [2.75, 3.05) is 6.61 Å². The average molecular weight is 515 g/mol. The second-order valence-electron chi connectivity index (χ2n) is 13.2. The quantitative estimate of drug-likeness (QED) is 0.176. The summed E-state index contributed by atoms with van der Waals surface area (Å²) in [5.41, 5.74) is 5.22. The molecular weight excluding hydrogens is 456 g/mol. The van der Waals surface area contributed by atoms with Crippen molar-refractivity contribution in [2.24, 2.45) is 17.8 Å². The highest BCUT2D eigenvalue weighted by atomic mass is 16.5. The Bertz CT molecular complexity index is 865. The van der Waals surface area contributed by atoms with Crippen LogP contribution >= 0.6 is 0 Å². The van der Waals surface area contributed by atoms with Crippen molar-refractivity contribution in [3.05, 3.63) is 33.9 Å². The number of aromatic hydroxyl groups is 1. The van der Waals surface area contributed by atoms with Gasteiger partial charge in [-0.05, 0) is 89.2 Å². The number of hydrogen-bond donors (Lipinski definition) is 1. The fraction of sp³-hybridized carbons (Fsp3) is 0.765. The molecule has 212 valence electrons. The predicted molar refractivity (Wildman–Crippen MR) is 159 cm³/mol. The van der Waals surface area contributed by atoms with Crippen LogP contribution < -0.4 is 4.74 Å². The molecule has 1 aromatic rings. The summed E-state index contributed by atoms with van der Waals surface area (Å²) in [6.07, 6.45) is 16.1. The number of ether oxygens (including phenoxy) is 2. The summed E-state index contributed by atoms with van der Waals surface area (Å²) in [7, 11) is 0. The van der Waals surface area contributed by atoms with Gasteiger partial charge in [-0.15, -0.1) is 0 Å². The second-order valence-corrected chi connectivity index (χ2v) is 13.2. The Hall–Kier alpha value is -1.48. The molecular formula is C34H58O3. The molecule has 0 fully saturated rings. The lowest BCUT2D eigenvalue weighted by Crippen LogP contribution is -2.33. The lowest BCUT2D eigenvalue weighted by Gasteiger charge is -2.35. The molecule has 0 radical (unpaired) electrons. The van der Waals surface area contributed by atoms with Crippen LogP contribution in [-0.2, 0) is 17.8 Å². The lowest BCUT2D eigenvalue weighted by molar-refractivity contribution is 0.0810. The van der Waals surface area contributed by atoms with Gasteiger partial charge < -0.3 is 14.6 Å². The van der Waals surface area contributed by atoms with Gasteiger partial charge in [0.15, 0.2) is 0 Å². The minimum atomic E-state index is -0.164. The van der Waals surface area contributed by atoms with Crippen LogP contribution in [0.15, 0.2) is 11.6 Å². The van der Waals surface area contributed by atoms with Crippen LogP contribution in [0.25, 0.3) is 0 Å². The average Bonchev–Trinajstić information content (AvgIpc) is 2.81. The number of hydrogen-bond acceptors (Lipinski definition) is 3. The van der Waals surface area contributed by atoms with Crippen molar-refractivity contribution in [1.29, 1.82) is 0 Å². The Labute approximate surface area is 229 Å². The summed E-state index contributed by atoms with van der Waals surface area (Å²) in [5, 5.41) is 10.8. The minimum Gasteiger partial charge on any atom is -0.507 e. The van der Waals surface area contributed by atoms with Crippen molar-refractivity contribution >= 4 is 0 Å². The zero-order valence-corrected chi connectivity index (χ0v) is 25.8. The van der Waals surface area contributed by atoms with Crippen LogP contribution in [0.1, 0.15) is 135 Å². The Morgan fingerprint density at radius 3 is 2.16 bits per heavy atom. The maximum Gasteiger partial charge on any atom is 0.127 e. The molecule has 1 heterocycles. The van der Waals surface area contributed by atoms with Crippen molar-refractivity contribution in [2.45, 2.75) is 145 Å². The van der Waals surface area contributed by atoms with Gasteiger partial charge in [-0.25, -0.2) is 0 Å². The standard InChI is InChI=1S/C34H58O3/c1-24(2)13-10-14-25(3)15-11-16-26(4)17-12-18-27(5)20-22-36-23-31-30-19-21-34(8,9)37-33(30)29(7)28(6)32(31)35/h20,24-26,35H,10-19,21-23H2,1-9H3/b27-20+/t25-,26-/m1/s1. The van der Waals surface area contributed by atoms with Crippen LogP contribution in [0.2, 0.25) is 0 Å². The van der Waals surface area contributed by atoms with E-state index in [4.69, 9.17) is 9.47 Å². The van der Waals surface area contributed by atoms with Gasteiger partial charge in [-0.2, -0.15) is 0 Å². The number of phenols is 1. The molecule has 0 unspecified atom stereocenters. The predicted octanol–water partition coefficient (Wildman–Crippen LogP) is 10.0. The molecule has 0 spiro atoms. The summed E-state index contributed by atoms with van der Waals surface area (Å²) in [4.78, 5) is 0. The number of rotatable bonds is 16. The molecule has 3 heteroatoms. The molecule has 0 bridgehead atoms. The van der Waals surface area contributed by atoms with Crippen molar-refractivity contribution in [1.82, 2.24) is 0 Å². The summed E-state index contributed by atoms with van der Waals surface area (Å²) in [6.45, 7) is 21.0. The Morgan fingerprint density at radius 1 is 0.946 bits per heavy atom. The SMILES string of the molecule is C/C(=C\COCc1c(O)c(C)c(C)c2c1CCC(C)(C)O2)CCC[C@H](C)CCC[C@H](C)CCCC(C)C. The molecule has 0 saturated carbocycles. The summed E-state index contributed by atoms with van der Waals surface area (Å²) >= 11 is 0. The molecule has 1 N–H and O–H groups in total. The summed E-state index contributed by atoms with van der Waals surface area (Å²) in [5.74, 6) is 3.87. The molecule has 1 aromatic carbocycles. The van der Waals surface area contributed by atoms with Crippen LogP contribution in [0.5, 0.6) is 11.5 Å². The van der Waals surface area contributed by atoms with Crippen LogP contribution in [-0.4, -0.2) is 17.3 Å². The highest BCUT2D eigenvalue weighted by molar-refractivity contribution is 5.58. The molecule has 3 nitrogen and oxygen atoms in total. The van der Waals surface area contributed by atoms with Crippen molar-refractivity contribution < 1.29 is 14.6 Å². The van der Waals surface area contributed by atoms with Gasteiger partial charge >= 0.3 is 0 Å². The van der Waals surface area contributed by atoms with E-state index >= 15 is 0 Å². The van der Waals surface area contributed by atoms with Gasteiger partial charge in [0, 0.05) is 11.1 Å². The maximum absolute atomic E-state index is 10.8. The molecule has 2 rings (SSSR count). The largest absolute Gasteiger partial charge is 0.507 e. The molecule has 0 aliphatic carbocycles. The smallest absolute Gasteiger partial charge is 0.127 e. The van der Waals surface area contributed by atoms with Gasteiger partial charge in [0.05, 0.1) is 13.2 Å². The third kappa shape index (κ3) is 10.7. The van der Waals surface area contributed by atoms with Gasteiger partial charge in [-0.1, -0.05) is 84.3 Å². The fourth-order valence-corrected chi connectivity index (χ4v) is 5.56. The van der Waals surface area contributed by atoms with Gasteiger partial charge in [0.2, 0.25) is 0 Å². The van der Waals surface area contributed by atoms with E-state index < -0.39 is 0 Å². The molecule has 1 aliphatic rings. The number of benzene rings is 1. The summed E-state index contributed by atoms with van der Waals surface area (Å²) < 4.78 is 12.4. The van der Waals surface area contributed by atoms with Crippen LogP contribution in [0.4, 0.5) is 0 Å². The molecule has 0 amide bonds. The van der Waals surface area contributed by atoms with Gasteiger partial charge in [0.25, 0.3) is 0 Å². The Morgan fingerprint density at radius 2 is 1.54 bits per heavy atom. The molecule has 1 aliphatic heterocycles. The fourth-order valence-electron chi connectivity index (χ4n) is 5.56. The van der Waals surface area contributed by atoms with E-state index in [0.29, 0.717) is 19.0 Å². The van der Waals surface area contributed by atoms with E-state index in [1.807, 2.05) is 13.8 Å². The number of phenolic OH excluding ortho intramolecular Hbond substituents is 1. The zero-order chi connectivity index (χ0) is 27.6. The molecule has 0 aromatic heterocycles. The van der Waals surface area contributed by atoms with E-state index in [1.54, 1.807) is 0 Å². The number of fused-ring (bicyclic) bond motifs is 1.